The Morgan fingerprint density at radius 2 is 1.91 bits per heavy atom. The van der Waals surface area contributed by atoms with Crippen molar-refractivity contribution in [2.24, 2.45) is 0 Å². The van der Waals surface area contributed by atoms with E-state index in [-0.39, 0.29) is 0 Å². The lowest BCUT2D eigenvalue weighted by Gasteiger charge is -2.22. The molecule has 0 spiro atoms. The number of nitrogens with zero attached hydrogens (tertiary/aromatic N) is 2. The molecule has 1 aromatic heterocycles. The third-order valence-corrected chi connectivity index (χ3v) is 7.10. The second kappa shape index (κ2) is 8.96. The molecule has 1 aliphatic heterocycles. The van der Waals surface area contributed by atoms with Gasteiger partial charge in [-0.25, -0.2) is 9.78 Å². The minimum absolute atomic E-state index is 0.395. The first kappa shape index (κ1) is 22.9. The summed E-state index contributed by atoms with van der Waals surface area (Å²) in [5.74, 6) is -0.971. The molecule has 1 atom stereocenters. The van der Waals surface area contributed by atoms with E-state index in [0.717, 1.165) is 26.5 Å². The van der Waals surface area contributed by atoms with Gasteiger partial charge in [-0.15, -0.1) is 11.3 Å². The van der Waals surface area contributed by atoms with Crippen molar-refractivity contribution in [1.29, 1.82) is 0 Å². The largest absolute Gasteiger partial charge is 0.325 e. The van der Waals surface area contributed by atoms with E-state index in [1.54, 1.807) is 25.3 Å². The van der Waals surface area contributed by atoms with E-state index in [2.05, 4.69) is 15.6 Å². The molecule has 0 aliphatic carbocycles. The van der Waals surface area contributed by atoms with Gasteiger partial charge in [-0.2, -0.15) is 0 Å². The fourth-order valence-corrected chi connectivity index (χ4v) is 4.75. The van der Waals surface area contributed by atoms with E-state index in [4.69, 9.17) is 11.6 Å². The third-order valence-electron chi connectivity index (χ3n) is 5.64. The maximum Gasteiger partial charge on any atom is 0.325 e. The predicted molar refractivity (Wildman–Crippen MR) is 129 cm³/mol. The molecule has 7 nitrogen and oxygen atoms in total. The van der Waals surface area contributed by atoms with Crippen LogP contribution in [0.3, 0.4) is 0 Å². The summed E-state index contributed by atoms with van der Waals surface area (Å²) in [5.41, 5.74) is 2.47. The second-order valence-corrected chi connectivity index (χ2v) is 9.71. The van der Waals surface area contributed by atoms with Crippen molar-refractivity contribution in [3.05, 3.63) is 80.8 Å². The van der Waals surface area contributed by atoms with Crippen LogP contribution in [0.2, 0.25) is 5.02 Å². The SMILES string of the molecule is Cc1ccc(C2(C)NC(=O)N(CC(=O)Nc3ncc(Cc4cccc(C)c4Cl)s3)C2=O)cc1. The highest BCUT2D eigenvalue weighted by molar-refractivity contribution is 7.15. The minimum Gasteiger partial charge on any atom is -0.319 e. The molecule has 2 heterocycles. The van der Waals surface area contributed by atoms with Crippen molar-refractivity contribution in [2.75, 3.05) is 11.9 Å². The number of carbonyl (C=O) groups is 3. The molecule has 4 rings (SSSR count). The van der Waals surface area contributed by atoms with E-state index < -0.39 is 29.9 Å². The van der Waals surface area contributed by atoms with Gasteiger partial charge in [-0.1, -0.05) is 59.6 Å². The maximum atomic E-state index is 13.0. The Bertz CT molecular complexity index is 1240. The number of hydrogen-bond acceptors (Lipinski definition) is 5. The van der Waals surface area contributed by atoms with Gasteiger partial charge in [0, 0.05) is 22.5 Å². The van der Waals surface area contributed by atoms with Crippen LogP contribution < -0.4 is 10.6 Å². The summed E-state index contributed by atoms with van der Waals surface area (Å²) in [5, 5.41) is 6.50. The Hall–Kier alpha value is -3.23. The van der Waals surface area contributed by atoms with Crippen molar-refractivity contribution in [3.8, 4) is 0 Å². The van der Waals surface area contributed by atoms with E-state index in [9.17, 15) is 14.4 Å². The molecule has 2 N–H and O–H groups in total. The van der Waals surface area contributed by atoms with Crippen molar-refractivity contribution in [1.82, 2.24) is 15.2 Å². The van der Waals surface area contributed by atoms with Gasteiger partial charge in [0.25, 0.3) is 5.91 Å². The smallest absolute Gasteiger partial charge is 0.319 e. The highest BCUT2D eigenvalue weighted by Gasteiger charge is 2.49. The number of halogens is 1. The first-order valence-electron chi connectivity index (χ1n) is 10.4. The molecule has 3 aromatic rings. The summed E-state index contributed by atoms with van der Waals surface area (Å²) in [7, 11) is 0. The van der Waals surface area contributed by atoms with Crippen molar-refractivity contribution < 1.29 is 14.4 Å². The molecule has 0 bridgehead atoms. The number of aryl methyl sites for hydroxylation is 2. The summed E-state index contributed by atoms with van der Waals surface area (Å²) in [6.45, 7) is 5.13. The highest BCUT2D eigenvalue weighted by Crippen LogP contribution is 2.30. The molecule has 0 radical (unpaired) electrons. The van der Waals surface area contributed by atoms with E-state index in [1.807, 2.05) is 44.2 Å². The fourth-order valence-electron chi connectivity index (χ4n) is 3.70. The molecule has 1 aliphatic rings. The van der Waals surface area contributed by atoms with Crippen LogP contribution in [0.5, 0.6) is 0 Å². The van der Waals surface area contributed by atoms with Crippen molar-refractivity contribution >= 4 is 45.9 Å². The van der Waals surface area contributed by atoms with Crippen LogP contribution >= 0.6 is 22.9 Å². The molecular formula is C24H23ClN4O3S. The molecule has 1 saturated heterocycles. The molecule has 0 saturated carbocycles. The zero-order chi connectivity index (χ0) is 23.8. The van der Waals surface area contributed by atoms with E-state index in [0.29, 0.717) is 22.1 Å². The zero-order valence-corrected chi connectivity index (χ0v) is 20.0. The van der Waals surface area contributed by atoms with Crippen molar-refractivity contribution in [3.63, 3.8) is 0 Å². The monoisotopic (exact) mass is 482 g/mol. The zero-order valence-electron chi connectivity index (χ0n) is 18.4. The molecule has 2 aromatic carbocycles. The Morgan fingerprint density at radius 1 is 1.18 bits per heavy atom. The van der Waals surface area contributed by atoms with Gasteiger partial charge in [0.1, 0.15) is 12.1 Å². The number of benzene rings is 2. The van der Waals surface area contributed by atoms with E-state index in [1.165, 1.54) is 11.3 Å². The summed E-state index contributed by atoms with van der Waals surface area (Å²) >= 11 is 7.69. The first-order valence-corrected chi connectivity index (χ1v) is 11.6. The van der Waals surface area contributed by atoms with Crippen LogP contribution in [0.15, 0.2) is 48.7 Å². The number of anilines is 1. The minimum atomic E-state index is -1.22. The molecule has 9 heteroatoms. The number of imide groups is 1. The first-order chi connectivity index (χ1) is 15.7. The summed E-state index contributed by atoms with van der Waals surface area (Å²) in [6, 6.07) is 12.6. The van der Waals surface area contributed by atoms with Gasteiger partial charge in [-0.05, 0) is 37.5 Å². The van der Waals surface area contributed by atoms with Crippen LogP contribution in [0.4, 0.5) is 9.93 Å². The van der Waals surface area contributed by atoms with Gasteiger partial charge >= 0.3 is 6.03 Å². The number of thiazole rings is 1. The lowest BCUT2D eigenvalue weighted by atomic mass is 9.91. The number of urea groups is 1. The Morgan fingerprint density at radius 3 is 2.64 bits per heavy atom. The van der Waals surface area contributed by atoms with Gasteiger partial charge < -0.3 is 10.6 Å². The molecular weight excluding hydrogens is 460 g/mol. The number of amides is 4. The second-order valence-electron chi connectivity index (χ2n) is 8.22. The summed E-state index contributed by atoms with van der Waals surface area (Å²) in [6.07, 6.45) is 2.27. The van der Waals surface area contributed by atoms with Gasteiger partial charge in [0.05, 0.1) is 0 Å². The van der Waals surface area contributed by atoms with Crippen LogP contribution in [0.25, 0.3) is 0 Å². The number of rotatable bonds is 6. The summed E-state index contributed by atoms with van der Waals surface area (Å²) < 4.78 is 0. The predicted octanol–water partition coefficient (Wildman–Crippen LogP) is 4.41. The van der Waals surface area contributed by atoms with Crippen LogP contribution in [-0.4, -0.2) is 34.3 Å². The number of aromatic nitrogens is 1. The average molecular weight is 483 g/mol. The molecule has 170 valence electrons. The van der Waals surface area contributed by atoms with E-state index >= 15 is 0 Å². The van der Waals surface area contributed by atoms with Gasteiger partial charge in [-0.3, -0.25) is 14.5 Å². The molecule has 1 unspecified atom stereocenters. The van der Waals surface area contributed by atoms with Crippen LogP contribution in [-0.2, 0) is 21.5 Å². The fraction of sp³-hybridized carbons (Fsp3) is 0.250. The standard InChI is InChI=1S/C24H23ClN4O3S/c1-14-7-9-17(10-8-14)24(3)21(31)29(23(32)28-24)13-19(30)27-22-26-12-18(33-22)11-16-6-4-5-15(2)20(16)25/h4-10,12H,11,13H2,1-3H3,(H,28,32)(H,26,27,30). The van der Waals surface area contributed by atoms with Crippen molar-refractivity contribution in [2.45, 2.75) is 32.7 Å². The van der Waals surface area contributed by atoms with Crippen LogP contribution in [0, 0.1) is 13.8 Å². The topological polar surface area (TPSA) is 91.4 Å². The number of hydrogen-bond donors (Lipinski definition) is 2. The van der Waals surface area contributed by atoms with Crippen LogP contribution in [0.1, 0.15) is 34.1 Å². The third kappa shape index (κ3) is 4.62. The maximum absolute atomic E-state index is 13.0. The lowest BCUT2D eigenvalue weighted by Crippen LogP contribution is -2.42. The quantitative estimate of drug-likeness (QED) is 0.509. The average Bonchev–Trinajstić information content (AvgIpc) is 3.29. The Balaban J connectivity index is 1.41. The highest BCUT2D eigenvalue weighted by atomic mass is 35.5. The number of carbonyl (C=O) groups excluding carboxylic acids is 3. The molecule has 1 fully saturated rings. The Labute approximate surface area is 200 Å². The van der Waals surface area contributed by atoms with Gasteiger partial charge in [0.2, 0.25) is 5.91 Å². The molecule has 4 amide bonds. The Kier molecular flexibility index (Phi) is 6.23. The normalized spacial score (nSPS) is 17.9. The summed E-state index contributed by atoms with van der Waals surface area (Å²) in [4.78, 5) is 44.2. The van der Waals surface area contributed by atoms with Gasteiger partial charge in [0.15, 0.2) is 5.13 Å². The number of nitrogens with one attached hydrogen (secondary N) is 2. The lowest BCUT2D eigenvalue weighted by molar-refractivity contribution is -0.133. The molecule has 33 heavy (non-hydrogen) atoms.